The van der Waals surface area contributed by atoms with E-state index >= 15 is 0 Å². The molecule has 1 aliphatic carbocycles. The molecule has 0 saturated heterocycles. The lowest BCUT2D eigenvalue weighted by Gasteiger charge is -2.32. The molecular formula is C25H30N2O4. The van der Waals surface area contributed by atoms with Crippen LogP contribution in [0, 0.1) is 0 Å². The summed E-state index contributed by atoms with van der Waals surface area (Å²) in [7, 11) is 3.26. The van der Waals surface area contributed by atoms with E-state index in [4.69, 9.17) is 13.9 Å². The minimum absolute atomic E-state index is 0.294. The molecule has 1 aromatic heterocycles. The van der Waals surface area contributed by atoms with E-state index in [-0.39, 0.29) is 5.63 Å². The smallest absolute Gasteiger partial charge is 0.345 e. The van der Waals surface area contributed by atoms with Crippen molar-refractivity contribution in [3.05, 3.63) is 70.6 Å². The third-order valence-electron chi connectivity index (χ3n) is 6.15. The second-order valence-electron chi connectivity index (χ2n) is 8.00. The van der Waals surface area contributed by atoms with Crippen LogP contribution in [-0.4, -0.2) is 26.8 Å². The average molecular weight is 423 g/mol. The van der Waals surface area contributed by atoms with Gasteiger partial charge in [-0.2, -0.15) is 0 Å². The number of hydrogen-bond acceptors (Lipinski definition) is 6. The van der Waals surface area contributed by atoms with Crippen molar-refractivity contribution in [2.75, 3.05) is 31.4 Å². The van der Waals surface area contributed by atoms with Crippen molar-refractivity contribution in [1.82, 2.24) is 0 Å². The van der Waals surface area contributed by atoms with Crippen LogP contribution in [0.4, 0.5) is 11.6 Å². The van der Waals surface area contributed by atoms with Crippen molar-refractivity contribution in [3.63, 3.8) is 0 Å². The summed E-state index contributed by atoms with van der Waals surface area (Å²) >= 11 is 0. The zero-order valence-corrected chi connectivity index (χ0v) is 18.1. The SMILES string of the molecule is COC(CNc1c(NC2CCCCC2)oc(=O)c2ccccc12)(OC)c1ccccc1. The van der Waals surface area contributed by atoms with E-state index in [0.717, 1.165) is 29.5 Å². The maximum atomic E-state index is 12.6. The predicted octanol–water partition coefficient (Wildman–Crippen LogP) is 5.10. The van der Waals surface area contributed by atoms with E-state index < -0.39 is 5.79 Å². The van der Waals surface area contributed by atoms with Gasteiger partial charge >= 0.3 is 5.63 Å². The fourth-order valence-electron chi connectivity index (χ4n) is 4.37. The van der Waals surface area contributed by atoms with Crippen LogP contribution in [0.5, 0.6) is 0 Å². The fourth-order valence-corrected chi connectivity index (χ4v) is 4.37. The monoisotopic (exact) mass is 422 g/mol. The summed E-state index contributed by atoms with van der Waals surface area (Å²) in [6.07, 6.45) is 5.76. The number of methoxy groups -OCH3 is 2. The Bertz CT molecular complexity index is 1050. The molecular weight excluding hydrogens is 392 g/mol. The van der Waals surface area contributed by atoms with Crippen molar-refractivity contribution in [1.29, 1.82) is 0 Å². The first kappa shape index (κ1) is 21.4. The van der Waals surface area contributed by atoms with Gasteiger partial charge in [-0.25, -0.2) is 4.79 Å². The lowest BCUT2D eigenvalue weighted by molar-refractivity contribution is -0.205. The Morgan fingerprint density at radius 1 is 0.935 bits per heavy atom. The third kappa shape index (κ3) is 4.45. The lowest BCUT2D eigenvalue weighted by atomic mass is 9.95. The molecule has 1 heterocycles. The Morgan fingerprint density at radius 2 is 1.58 bits per heavy atom. The maximum absolute atomic E-state index is 12.6. The Balaban J connectivity index is 1.71. The van der Waals surface area contributed by atoms with Crippen LogP contribution in [0.15, 0.2) is 63.8 Å². The van der Waals surface area contributed by atoms with E-state index in [9.17, 15) is 4.79 Å². The highest BCUT2D eigenvalue weighted by molar-refractivity contribution is 5.97. The number of anilines is 2. The van der Waals surface area contributed by atoms with Gasteiger partial charge in [0.1, 0.15) is 5.69 Å². The summed E-state index contributed by atoms with van der Waals surface area (Å²) in [6.45, 7) is 0.334. The standard InChI is InChI=1S/C25H30N2O4/c1-29-25(30-2,18-11-5-3-6-12-18)17-26-22-20-15-9-10-16-21(20)24(28)31-23(22)27-19-13-7-4-8-14-19/h3,5-6,9-12,15-16,19,26-27H,4,7-8,13-14,17H2,1-2H3. The van der Waals surface area contributed by atoms with Crippen LogP contribution in [0.25, 0.3) is 10.8 Å². The van der Waals surface area contributed by atoms with Gasteiger partial charge in [0, 0.05) is 31.2 Å². The highest BCUT2D eigenvalue weighted by Crippen LogP contribution is 2.34. The molecule has 0 amide bonds. The second-order valence-corrected chi connectivity index (χ2v) is 8.00. The molecule has 3 aromatic rings. The van der Waals surface area contributed by atoms with E-state index in [1.165, 1.54) is 19.3 Å². The number of ether oxygens (including phenoxy) is 2. The predicted molar refractivity (Wildman–Crippen MR) is 124 cm³/mol. The number of hydrogen-bond donors (Lipinski definition) is 2. The van der Waals surface area contributed by atoms with Crippen molar-refractivity contribution in [2.24, 2.45) is 0 Å². The largest absolute Gasteiger partial charge is 0.404 e. The lowest BCUT2D eigenvalue weighted by Crippen LogP contribution is -2.38. The van der Waals surface area contributed by atoms with Crippen LogP contribution in [0.3, 0.4) is 0 Å². The van der Waals surface area contributed by atoms with Crippen LogP contribution >= 0.6 is 0 Å². The van der Waals surface area contributed by atoms with Gasteiger partial charge < -0.3 is 24.5 Å². The molecule has 1 aliphatic rings. The topological polar surface area (TPSA) is 72.7 Å². The van der Waals surface area contributed by atoms with Gasteiger partial charge in [-0.05, 0) is 18.9 Å². The Morgan fingerprint density at radius 3 is 2.26 bits per heavy atom. The van der Waals surface area contributed by atoms with Crippen LogP contribution in [-0.2, 0) is 15.3 Å². The van der Waals surface area contributed by atoms with Crippen molar-refractivity contribution >= 4 is 22.3 Å². The van der Waals surface area contributed by atoms with Gasteiger partial charge in [-0.1, -0.05) is 67.8 Å². The molecule has 4 rings (SSSR count). The van der Waals surface area contributed by atoms with E-state index in [1.54, 1.807) is 20.3 Å². The Labute approximate surface area is 182 Å². The molecule has 1 saturated carbocycles. The summed E-state index contributed by atoms with van der Waals surface area (Å²) in [4.78, 5) is 12.6. The molecule has 0 bridgehead atoms. The molecule has 1 fully saturated rings. The molecule has 0 spiro atoms. The first-order chi connectivity index (χ1) is 15.2. The minimum Gasteiger partial charge on any atom is -0.404 e. The van der Waals surface area contributed by atoms with E-state index in [2.05, 4.69) is 10.6 Å². The molecule has 0 aliphatic heterocycles. The summed E-state index contributed by atoms with van der Waals surface area (Å²) in [5.74, 6) is -0.509. The molecule has 2 N–H and O–H groups in total. The molecule has 164 valence electrons. The van der Waals surface area contributed by atoms with Gasteiger partial charge in [0.25, 0.3) is 0 Å². The van der Waals surface area contributed by atoms with Crippen LogP contribution in [0.1, 0.15) is 37.7 Å². The van der Waals surface area contributed by atoms with Crippen LogP contribution < -0.4 is 16.3 Å². The third-order valence-corrected chi connectivity index (χ3v) is 6.15. The summed E-state index contributed by atoms with van der Waals surface area (Å²) in [5, 5.41) is 8.31. The quantitative estimate of drug-likeness (QED) is 0.492. The summed E-state index contributed by atoms with van der Waals surface area (Å²) < 4.78 is 17.4. The zero-order chi connectivity index (χ0) is 21.7. The highest BCUT2D eigenvalue weighted by atomic mass is 16.7. The van der Waals surface area contributed by atoms with Gasteiger partial charge in [-0.15, -0.1) is 0 Å². The highest BCUT2D eigenvalue weighted by Gasteiger charge is 2.33. The number of benzene rings is 2. The number of nitrogens with one attached hydrogen (secondary N) is 2. The molecule has 0 atom stereocenters. The average Bonchev–Trinajstić information content (AvgIpc) is 2.83. The Kier molecular flexibility index (Phi) is 6.59. The normalized spacial score (nSPS) is 15.2. The second kappa shape index (κ2) is 9.54. The van der Waals surface area contributed by atoms with Crippen molar-refractivity contribution in [3.8, 4) is 0 Å². The molecule has 2 aromatic carbocycles. The molecule has 0 radical (unpaired) electrons. The van der Waals surface area contributed by atoms with E-state index in [0.29, 0.717) is 23.9 Å². The Hall–Kier alpha value is -2.83. The van der Waals surface area contributed by atoms with Crippen molar-refractivity contribution in [2.45, 2.75) is 43.9 Å². The molecule has 6 nitrogen and oxygen atoms in total. The van der Waals surface area contributed by atoms with Gasteiger partial charge in [-0.3, -0.25) is 0 Å². The van der Waals surface area contributed by atoms with Gasteiger partial charge in [0.05, 0.1) is 11.9 Å². The van der Waals surface area contributed by atoms with E-state index in [1.807, 2.05) is 48.5 Å². The first-order valence-electron chi connectivity index (χ1n) is 10.9. The zero-order valence-electron chi connectivity index (χ0n) is 18.1. The molecule has 31 heavy (non-hydrogen) atoms. The molecule has 0 unspecified atom stereocenters. The minimum atomic E-state index is -0.986. The van der Waals surface area contributed by atoms with Gasteiger partial charge in [0.15, 0.2) is 0 Å². The summed E-state index contributed by atoms with van der Waals surface area (Å²) in [6, 6.07) is 17.6. The number of rotatable bonds is 8. The number of fused-ring (bicyclic) bond motifs is 1. The first-order valence-corrected chi connectivity index (χ1v) is 10.9. The van der Waals surface area contributed by atoms with Crippen molar-refractivity contribution < 1.29 is 13.9 Å². The van der Waals surface area contributed by atoms with Crippen LogP contribution in [0.2, 0.25) is 0 Å². The summed E-state index contributed by atoms with van der Waals surface area (Å²) in [5.41, 5.74) is 1.30. The molecule has 6 heteroatoms. The fraction of sp³-hybridized carbons (Fsp3) is 0.400. The van der Waals surface area contributed by atoms with Gasteiger partial charge in [0.2, 0.25) is 11.7 Å². The maximum Gasteiger partial charge on any atom is 0.345 e.